The summed E-state index contributed by atoms with van der Waals surface area (Å²) < 4.78 is 14.8. The number of carbonyl (C=O) groups is 1. The summed E-state index contributed by atoms with van der Waals surface area (Å²) in [6.07, 6.45) is 0. The first kappa shape index (κ1) is 15.2. The molecule has 1 amide bonds. The van der Waals surface area contributed by atoms with Gasteiger partial charge >= 0.3 is 0 Å². The molecule has 2 nitrogen and oxygen atoms in total. The summed E-state index contributed by atoms with van der Waals surface area (Å²) in [5.41, 5.74) is 1.27. The van der Waals surface area contributed by atoms with Crippen LogP contribution in [0.1, 0.15) is 28.9 Å². The number of hydrogen-bond acceptors (Lipinski definition) is 1. The lowest BCUT2D eigenvalue weighted by Crippen LogP contribution is -2.26. The van der Waals surface area contributed by atoms with Crippen molar-refractivity contribution in [3.8, 4) is 0 Å². The Hall–Kier alpha value is -1.20. The van der Waals surface area contributed by atoms with Gasteiger partial charge in [-0.3, -0.25) is 4.79 Å². The normalized spacial score (nSPS) is 12.0. The Morgan fingerprint density at radius 2 is 1.90 bits per heavy atom. The van der Waals surface area contributed by atoms with Gasteiger partial charge in [0.2, 0.25) is 0 Å². The number of amides is 1. The van der Waals surface area contributed by atoms with Gasteiger partial charge in [0.25, 0.3) is 5.91 Å². The summed E-state index contributed by atoms with van der Waals surface area (Å²) in [6, 6.07) is 11.6. The topological polar surface area (TPSA) is 29.1 Å². The highest BCUT2D eigenvalue weighted by Crippen LogP contribution is 2.19. The molecule has 104 valence electrons. The molecule has 0 aliphatic heterocycles. The number of carbonyl (C=O) groups excluding carboxylic acids is 1. The summed E-state index contributed by atoms with van der Waals surface area (Å²) in [6.45, 7) is 1.88. The molecule has 0 spiro atoms. The van der Waals surface area contributed by atoms with E-state index in [2.05, 4.69) is 37.2 Å². The second-order valence-corrected chi connectivity index (χ2v) is 6.24. The van der Waals surface area contributed by atoms with Crippen molar-refractivity contribution in [3.05, 3.63) is 68.4 Å². The van der Waals surface area contributed by atoms with E-state index in [1.54, 1.807) is 6.07 Å². The molecule has 2 aromatic rings. The fraction of sp³-hybridized carbons (Fsp3) is 0.133. The molecule has 5 heteroatoms. The molecular formula is C15H12Br2FNO. The molecule has 2 aromatic carbocycles. The van der Waals surface area contributed by atoms with Crippen molar-refractivity contribution >= 4 is 37.8 Å². The van der Waals surface area contributed by atoms with E-state index in [4.69, 9.17) is 0 Å². The molecule has 0 saturated carbocycles. The molecular weight excluding hydrogens is 389 g/mol. The summed E-state index contributed by atoms with van der Waals surface area (Å²) in [5.74, 6) is -0.752. The van der Waals surface area contributed by atoms with Crippen LogP contribution < -0.4 is 5.32 Å². The van der Waals surface area contributed by atoms with Gasteiger partial charge < -0.3 is 5.32 Å². The third kappa shape index (κ3) is 3.90. The van der Waals surface area contributed by atoms with Crippen molar-refractivity contribution in [1.82, 2.24) is 5.32 Å². The number of hydrogen-bond donors (Lipinski definition) is 1. The van der Waals surface area contributed by atoms with Crippen LogP contribution in [-0.2, 0) is 0 Å². The fourth-order valence-corrected chi connectivity index (χ4v) is 2.71. The van der Waals surface area contributed by atoms with Crippen LogP contribution in [0.4, 0.5) is 4.39 Å². The molecule has 0 radical (unpaired) electrons. The zero-order valence-corrected chi connectivity index (χ0v) is 13.8. The minimum atomic E-state index is -0.445. The second kappa shape index (κ2) is 6.50. The minimum Gasteiger partial charge on any atom is -0.346 e. The van der Waals surface area contributed by atoms with Gasteiger partial charge in [0, 0.05) is 14.5 Å². The van der Waals surface area contributed by atoms with Gasteiger partial charge in [-0.25, -0.2) is 4.39 Å². The molecule has 20 heavy (non-hydrogen) atoms. The van der Waals surface area contributed by atoms with Gasteiger partial charge in [0.15, 0.2) is 0 Å². The van der Waals surface area contributed by atoms with E-state index in [-0.39, 0.29) is 11.9 Å². The first-order chi connectivity index (χ1) is 9.45. The van der Waals surface area contributed by atoms with Gasteiger partial charge in [-0.15, -0.1) is 0 Å². The zero-order chi connectivity index (χ0) is 14.7. The van der Waals surface area contributed by atoms with Crippen molar-refractivity contribution in [1.29, 1.82) is 0 Å². The molecule has 1 atom stereocenters. The van der Waals surface area contributed by atoms with Crippen LogP contribution in [0.25, 0.3) is 0 Å². The van der Waals surface area contributed by atoms with Crippen LogP contribution in [0.15, 0.2) is 51.4 Å². The summed E-state index contributed by atoms with van der Waals surface area (Å²) in [5, 5.41) is 2.85. The number of halogens is 3. The molecule has 0 bridgehead atoms. The van der Waals surface area contributed by atoms with Gasteiger partial charge in [-0.05, 0) is 42.8 Å². The van der Waals surface area contributed by atoms with Gasteiger partial charge in [-0.1, -0.05) is 44.0 Å². The van der Waals surface area contributed by atoms with Gasteiger partial charge in [-0.2, -0.15) is 0 Å². The summed E-state index contributed by atoms with van der Waals surface area (Å²) in [7, 11) is 0. The molecule has 1 unspecified atom stereocenters. The average molecular weight is 401 g/mol. The SMILES string of the molecule is CC(NC(=O)c1cc(F)cc(Br)c1)c1cccc(Br)c1. The number of benzene rings is 2. The Kier molecular flexibility index (Phi) is 4.94. The standard InChI is InChI=1S/C15H12Br2FNO/c1-9(10-3-2-4-12(16)5-10)19-15(20)11-6-13(17)8-14(18)7-11/h2-9H,1H3,(H,19,20). The molecule has 2 rings (SSSR count). The molecule has 0 aliphatic carbocycles. The Morgan fingerprint density at radius 3 is 2.55 bits per heavy atom. The fourth-order valence-electron chi connectivity index (χ4n) is 1.82. The first-order valence-corrected chi connectivity index (χ1v) is 7.57. The van der Waals surface area contributed by atoms with Crippen LogP contribution in [0, 0.1) is 5.82 Å². The minimum absolute atomic E-state index is 0.165. The number of nitrogens with one attached hydrogen (secondary N) is 1. The van der Waals surface area contributed by atoms with Gasteiger partial charge in [0.05, 0.1) is 6.04 Å². The van der Waals surface area contributed by atoms with E-state index >= 15 is 0 Å². The van der Waals surface area contributed by atoms with E-state index in [1.165, 1.54) is 12.1 Å². The smallest absolute Gasteiger partial charge is 0.251 e. The van der Waals surface area contributed by atoms with Crippen molar-refractivity contribution in [2.75, 3.05) is 0 Å². The van der Waals surface area contributed by atoms with E-state index in [0.29, 0.717) is 10.0 Å². The zero-order valence-electron chi connectivity index (χ0n) is 10.7. The van der Waals surface area contributed by atoms with Crippen molar-refractivity contribution in [3.63, 3.8) is 0 Å². The average Bonchev–Trinajstić information content (AvgIpc) is 2.37. The predicted molar refractivity (Wildman–Crippen MR) is 84.1 cm³/mol. The van der Waals surface area contributed by atoms with Crippen molar-refractivity contribution in [2.24, 2.45) is 0 Å². The Labute approximate surface area is 133 Å². The summed E-state index contributed by atoms with van der Waals surface area (Å²) in [4.78, 5) is 12.1. The van der Waals surface area contributed by atoms with E-state index in [0.717, 1.165) is 10.0 Å². The molecule has 1 N–H and O–H groups in total. The lowest BCUT2D eigenvalue weighted by atomic mass is 10.1. The third-order valence-corrected chi connectivity index (χ3v) is 3.77. The largest absolute Gasteiger partial charge is 0.346 e. The highest BCUT2D eigenvalue weighted by molar-refractivity contribution is 9.10. The quantitative estimate of drug-likeness (QED) is 0.784. The van der Waals surface area contributed by atoms with Crippen LogP contribution in [-0.4, -0.2) is 5.91 Å². The Morgan fingerprint density at radius 1 is 1.15 bits per heavy atom. The molecule has 0 heterocycles. The monoisotopic (exact) mass is 399 g/mol. The van der Waals surface area contributed by atoms with Crippen molar-refractivity contribution in [2.45, 2.75) is 13.0 Å². The maximum Gasteiger partial charge on any atom is 0.251 e. The third-order valence-electron chi connectivity index (χ3n) is 2.82. The van der Waals surface area contributed by atoms with E-state index < -0.39 is 5.82 Å². The predicted octanol–water partition coefficient (Wildman–Crippen LogP) is 4.84. The Balaban J connectivity index is 2.15. The van der Waals surface area contributed by atoms with Crippen LogP contribution >= 0.6 is 31.9 Å². The van der Waals surface area contributed by atoms with E-state index in [9.17, 15) is 9.18 Å². The lowest BCUT2D eigenvalue weighted by molar-refractivity contribution is 0.0939. The highest BCUT2D eigenvalue weighted by Gasteiger charge is 2.13. The van der Waals surface area contributed by atoms with E-state index in [1.807, 2.05) is 31.2 Å². The van der Waals surface area contributed by atoms with Crippen molar-refractivity contribution < 1.29 is 9.18 Å². The number of rotatable bonds is 3. The highest BCUT2D eigenvalue weighted by atomic mass is 79.9. The van der Waals surface area contributed by atoms with Crippen LogP contribution in [0.3, 0.4) is 0 Å². The van der Waals surface area contributed by atoms with Crippen LogP contribution in [0.5, 0.6) is 0 Å². The molecule has 0 aromatic heterocycles. The maximum absolute atomic E-state index is 13.3. The summed E-state index contributed by atoms with van der Waals surface area (Å²) >= 11 is 6.57. The molecule has 0 fully saturated rings. The maximum atomic E-state index is 13.3. The van der Waals surface area contributed by atoms with Crippen LogP contribution in [0.2, 0.25) is 0 Å². The lowest BCUT2D eigenvalue weighted by Gasteiger charge is -2.15. The van der Waals surface area contributed by atoms with Gasteiger partial charge in [0.1, 0.15) is 5.82 Å². The Bertz CT molecular complexity index is 625. The molecule has 0 aliphatic rings. The first-order valence-electron chi connectivity index (χ1n) is 5.98. The second-order valence-electron chi connectivity index (χ2n) is 4.41. The molecule has 0 saturated heterocycles.